The molecule has 0 aromatic heterocycles. The van der Waals surface area contributed by atoms with Crippen LogP contribution in [-0.2, 0) is 10.9 Å². The maximum atomic E-state index is 12.7. The maximum absolute atomic E-state index is 12.7. The first-order valence-electron chi connectivity index (χ1n) is 8.53. The van der Waals surface area contributed by atoms with E-state index in [2.05, 4.69) is 5.32 Å². The fourth-order valence-electron chi connectivity index (χ4n) is 5.11. The Bertz CT molecular complexity index is 615. The van der Waals surface area contributed by atoms with E-state index in [0.717, 1.165) is 49.7 Å². The van der Waals surface area contributed by atoms with Crippen LogP contribution in [0, 0.1) is 23.7 Å². The molecule has 4 aliphatic carbocycles. The van der Waals surface area contributed by atoms with Crippen molar-refractivity contribution in [3.05, 3.63) is 29.8 Å². The molecule has 130 valence electrons. The standard InChI is InChI=1S/C18H20F3NO2/c19-18(20,21)14-2-1-3-15(9-14)22-17(23)24-16-12-5-10-4-11(7-12)8-13(16)6-10/h1-3,9-13,16H,4-8H2,(H,22,23). The van der Waals surface area contributed by atoms with Gasteiger partial charge < -0.3 is 4.74 Å². The number of benzene rings is 1. The summed E-state index contributed by atoms with van der Waals surface area (Å²) in [5.74, 6) is 2.40. The van der Waals surface area contributed by atoms with Crippen molar-refractivity contribution in [2.45, 2.75) is 44.4 Å². The Morgan fingerprint density at radius 3 is 2.25 bits per heavy atom. The van der Waals surface area contributed by atoms with Crippen molar-refractivity contribution in [1.82, 2.24) is 0 Å². The number of halogens is 3. The summed E-state index contributed by atoms with van der Waals surface area (Å²) in [5.41, 5.74) is -0.673. The minimum Gasteiger partial charge on any atom is -0.445 e. The second kappa shape index (κ2) is 5.67. The molecule has 24 heavy (non-hydrogen) atoms. The number of amides is 1. The summed E-state index contributed by atoms with van der Waals surface area (Å²) < 4.78 is 43.8. The molecule has 0 heterocycles. The van der Waals surface area contributed by atoms with Crippen LogP contribution >= 0.6 is 0 Å². The van der Waals surface area contributed by atoms with Crippen LogP contribution in [0.3, 0.4) is 0 Å². The van der Waals surface area contributed by atoms with Crippen molar-refractivity contribution in [2.24, 2.45) is 23.7 Å². The lowest BCUT2D eigenvalue weighted by atomic mass is 9.55. The molecular weight excluding hydrogens is 319 g/mol. The molecule has 0 radical (unpaired) electrons. The number of rotatable bonds is 2. The monoisotopic (exact) mass is 339 g/mol. The van der Waals surface area contributed by atoms with Crippen molar-refractivity contribution in [1.29, 1.82) is 0 Å². The summed E-state index contributed by atoms with van der Waals surface area (Å²) >= 11 is 0. The molecule has 0 unspecified atom stereocenters. The smallest absolute Gasteiger partial charge is 0.416 e. The van der Waals surface area contributed by atoms with E-state index in [1.807, 2.05) is 0 Å². The van der Waals surface area contributed by atoms with Crippen molar-refractivity contribution in [3.8, 4) is 0 Å². The first-order chi connectivity index (χ1) is 11.4. The molecule has 3 nitrogen and oxygen atoms in total. The molecule has 1 N–H and O–H groups in total. The molecule has 5 rings (SSSR count). The molecule has 0 spiro atoms. The van der Waals surface area contributed by atoms with Crippen LogP contribution < -0.4 is 5.32 Å². The lowest BCUT2D eigenvalue weighted by molar-refractivity contribution is -0.137. The van der Waals surface area contributed by atoms with Gasteiger partial charge in [-0.1, -0.05) is 6.07 Å². The summed E-state index contributed by atoms with van der Waals surface area (Å²) in [5, 5.41) is 2.45. The summed E-state index contributed by atoms with van der Waals surface area (Å²) in [4.78, 5) is 12.2. The van der Waals surface area contributed by atoms with Crippen molar-refractivity contribution in [2.75, 3.05) is 5.32 Å². The number of anilines is 1. The van der Waals surface area contributed by atoms with Gasteiger partial charge in [-0.05, 0) is 74.0 Å². The number of nitrogens with one attached hydrogen (secondary N) is 1. The summed E-state index contributed by atoms with van der Waals surface area (Å²) in [6, 6.07) is 4.63. The molecule has 4 bridgehead atoms. The van der Waals surface area contributed by atoms with Gasteiger partial charge in [-0.3, -0.25) is 5.32 Å². The molecule has 4 saturated carbocycles. The second-order valence-corrected chi connectivity index (χ2v) is 7.50. The first-order valence-corrected chi connectivity index (χ1v) is 8.53. The molecule has 6 heteroatoms. The van der Waals surface area contributed by atoms with E-state index in [4.69, 9.17) is 4.74 Å². The zero-order valence-corrected chi connectivity index (χ0v) is 13.2. The third-order valence-corrected chi connectivity index (χ3v) is 5.82. The predicted octanol–water partition coefficient (Wildman–Crippen LogP) is 5.08. The van der Waals surface area contributed by atoms with Gasteiger partial charge in [0.15, 0.2) is 0 Å². The quantitative estimate of drug-likeness (QED) is 0.816. The van der Waals surface area contributed by atoms with E-state index in [1.165, 1.54) is 18.6 Å². The number of carbonyl (C=O) groups is 1. The summed E-state index contributed by atoms with van der Waals surface area (Å²) in [6.07, 6.45) is 0.640. The lowest BCUT2D eigenvalue weighted by Gasteiger charge is -2.53. The average Bonchev–Trinajstić information content (AvgIpc) is 2.49. The van der Waals surface area contributed by atoms with Gasteiger partial charge in [0.25, 0.3) is 0 Å². The van der Waals surface area contributed by atoms with Gasteiger partial charge in [-0.15, -0.1) is 0 Å². The van der Waals surface area contributed by atoms with E-state index in [0.29, 0.717) is 11.8 Å². The van der Waals surface area contributed by atoms with Crippen LogP contribution in [-0.4, -0.2) is 12.2 Å². The Balaban J connectivity index is 1.41. The zero-order chi connectivity index (χ0) is 16.9. The first kappa shape index (κ1) is 15.8. The molecular formula is C18H20F3NO2. The van der Waals surface area contributed by atoms with E-state index >= 15 is 0 Å². The Morgan fingerprint density at radius 2 is 1.67 bits per heavy atom. The van der Waals surface area contributed by atoms with Crippen LogP contribution in [0.1, 0.15) is 37.7 Å². The third kappa shape index (κ3) is 2.98. The minimum atomic E-state index is -4.43. The number of hydrogen-bond acceptors (Lipinski definition) is 2. The topological polar surface area (TPSA) is 38.3 Å². The van der Waals surface area contributed by atoms with E-state index in [-0.39, 0.29) is 11.8 Å². The number of alkyl halides is 3. The van der Waals surface area contributed by atoms with Gasteiger partial charge in [-0.2, -0.15) is 13.2 Å². The Hall–Kier alpha value is -1.72. The zero-order valence-electron chi connectivity index (χ0n) is 13.2. The largest absolute Gasteiger partial charge is 0.445 e. The maximum Gasteiger partial charge on any atom is 0.416 e. The average molecular weight is 339 g/mol. The van der Waals surface area contributed by atoms with E-state index in [9.17, 15) is 18.0 Å². The Morgan fingerprint density at radius 1 is 1.04 bits per heavy atom. The highest BCUT2D eigenvalue weighted by molar-refractivity contribution is 5.84. The molecule has 0 aliphatic heterocycles. The number of carbonyl (C=O) groups excluding carboxylic acids is 1. The van der Waals surface area contributed by atoms with E-state index in [1.54, 1.807) is 0 Å². The van der Waals surface area contributed by atoms with Gasteiger partial charge in [0.2, 0.25) is 0 Å². The fraction of sp³-hybridized carbons (Fsp3) is 0.611. The van der Waals surface area contributed by atoms with Crippen molar-refractivity contribution < 1.29 is 22.7 Å². The molecule has 4 aliphatic rings. The lowest BCUT2D eigenvalue weighted by Crippen LogP contribution is -2.50. The number of hydrogen-bond donors (Lipinski definition) is 1. The minimum absolute atomic E-state index is 0.0800. The SMILES string of the molecule is O=C(Nc1cccc(C(F)(F)F)c1)OC1C2CC3CC(C2)CC1C3. The van der Waals surface area contributed by atoms with Gasteiger partial charge in [0.05, 0.1) is 5.56 Å². The second-order valence-electron chi connectivity index (χ2n) is 7.50. The van der Waals surface area contributed by atoms with Crippen LogP contribution in [0.5, 0.6) is 0 Å². The van der Waals surface area contributed by atoms with Gasteiger partial charge in [0.1, 0.15) is 6.10 Å². The normalized spacial score (nSPS) is 34.2. The third-order valence-electron chi connectivity index (χ3n) is 5.82. The molecule has 4 fully saturated rings. The molecule has 1 aromatic carbocycles. The highest BCUT2D eigenvalue weighted by atomic mass is 19.4. The van der Waals surface area contributed by atoms with Crippen molar-refractivity contribution >= 4 is 11.8 Å². The number of ether oxygens (including phenoxy) is 1. The van der Waals surface area contributed by atoms with Crippen LogP contribution in [0.4, 0.5) is 23.7 Å². The Labute approximate surface area is 138 Å². The van der Waals surface area contributed by atoms with Crippen LogP contribution in [0.2, 0.25) is 0 Å². The summed E-state index contributed by atoms with van der Waals surface area (Å²) in [7, 11) is 0. The predicted molar refractivity (Wildman–Crippen MR) is 82.4 cm³/mol. The van der Waals surface area contributed by atoms with Crippen molar-refractivity contribution in [3.63, 3.8) is 0 Å². The van der Waals surface area contributed by atoms with Gasteiger partial charge >= 0.3 is 12.3 Å². The summed E-state index contributed by atoms with van der Waals surface area (Å²) in [6.45, 7) is 0. The molecule has 1 aromatic rings. The van der Waals surface area contributed by atoms with E-state index < -0.39 is 17.8 Å². The van der Waals surface area contributed by atoms with Gasteiger partial charge in [0, 0.05) is 5.69 Å². The van der Waals surface area contributed by atoms with Crippen LogP contribution in [0.15, 0.2) is 24.3 Å². The Kier molecular flexibility index (Phi) is 3.73. The molecule has 0 saturated heterocycles. The molecule has 1 amide bonds. The van der Waals surface area contributed by atoms with Crippen LogP contribution in [0.25, 0.3) is 0 Å². The highest BCUT2D eigenvalue weighted by Crippen LogP contribution is 2.54. The fourth-order valence-corrected chi connectivity index (χ4v) is 5.11. The van der Waals surface area contributed by atoms with Gasteiger partial charge in [-0.25, -0.2) is 4.79 Å². The highest BCUT2D eigenvalue weighted by Gasteiger charge is 2.49. The molecule has 0 atom stereocenters.